The van der Waals surface area contributed by atoms with Crippen molar-refractivity contribution >= 4 is 23.3 Å². The number of hydrogen-bond donors (Lipinski definition) is 0. The molecule has 4 rings (SSSR count). The summed E-state index contributed by atoms with van der Waals surface area (Å²) in [7, 11) is 0. The van der Waals surface area contributed by atoms with E-state index in [2.05, 4.69) is 41.4 Å². The maximum Gasteiger partial charge on any atom is 0.227 e. The Morgan fingerprint density at radius 3 is 2.04 bits per heavy atom. The van der Waals surface area contributed by atoms with Crippen molar-refractivity contribution in [2.24, 2.45) is 0 Å². The Morgan fingerprint density at radius 1 is 0.652 bits per heavy atom. The fourth-order valence-corrected chi connectivity index (χ4v) is 2.49. The molecule has 0 unspecified atom stereocenters. The van der Waals surface area contributed by atoms with Crippen LogP contribution in [0.1, 0.15) is 11.1 Å². The minimum absolute atomic E-state index is 0.657. The van der Waals surface area contributed by atoms with Crippen molar-refractivity contribution in [3.8, 4) is 11.5 Å². The van der Waals surface area contributed by atoms with Gasteiger partial charge in [0.15, 0.2) is 5.58 Å². The van der Waals surface area contributed by atoms with E-state index < -0.39 is 0 Å². The zero-order valence-corrected chi connectivity index (χ0v) is 12.5. The molecule has 0 radical (unpaired) electrons. The number of oxazole rings is 1. The van der Waals surface area contributed by atoms with Crippen LogP contribution in [0.5, 0.6) is 0 Å². The molecule has 1 aromatic heterocycles. The van der Waals surface area contributed by atoms with Gasteiger partial charge in [-0.25, -0.2) is 4.98 Å². The van der Waals surface area contributed by atoms with Gasteiger partial charge in [0.2, 0.25) is 5.89 Å². The van der Waals surface area contributed by atoms with Crippen LogP contribution in [0.3, 0.4) is 0 Å². The van der Waals surface area contributed by atoms with Crippen molar-refractivity contribution in [1.29, 1.82) is 0 Å². The lowest BCUT2D eigenvalue weighted by atomic mass is 10.1. The molecule has 4 aromatic rings. The Hall–Kier alpha value is -3.13. The van der Waals surface area contributed by atoms with Gasteiger partial charge in [0.1, 0.15) is 5.52 Å². The number of benzene rings is 3. The predicted molar refractivity (Wildman–Crippen MR) is 94.8 cm³/mol. The molecule has 0 amide bonds. The average Bonchev–Trinajstić information content (AvgIpc) is 3.05. The molecule has 2 heteroatoms. The molecule has 0 bridgehead atoms. The van der Waals surface area contributed by atoms with Gasteiger partial charge in [-0.2, -0.15) is 0 Å². The van der Waals surface area contributed by atoms with Crippen molar-refractivity contribution in [3.63, 3.8) is 0 Å². The summed E-state index contributed by atoms with van der Waals surface area (Å²) in [5.74, 6) is 0.657. The van der Waals surface area contributed by atoms with Gasteiger partial charge in [-0.3, -0.25) is 0 Å². The van der Waals surface area contributed by atoms with E-state index in [4.69, 9.17) is 4.42 Å². The van der Waals surface area contributed by atoms with E-state index in [0.717, 1.165) is 22.2 Å². The molecule has 0 aliphatic rings. The third-order valence-corrected chi connectivity index (χ3v) is 3.72. The summed E-state index contributed by atoms with van der Waals surface area (Å²) < 4.78 is 5.79. The molecular weight excluding hydrogens is 282 g/mol. The first-order valence-corrected chi connectivity index (χ1v) is 7.58. The summed E-state index contributed by atoms with van der Waals surface area (Å²) in [6, 6.07) is 26.3. The molecule has 0 aliphatic carbocycles. The Morgan fingerprint density at radius 2 is 1.30 bits per heavy atom. The predicted octanol–water partition coefficient (Wildman–Crippen LogP) is 5.67. The highest BCUT2D eigenvalue weighted by atomic mass is 16.3. The number of para-hydroxylation sites is 2. The van der Waals surface area contributed by atoms with E-state index in [1.807, 2.05) is 54.6 Å². The summed E-state index contributed by atoms with van der Waals surface area (Å²) in [6.07, 6.45) is 4.21. The van der Waals surface area contributed by atoms with Crippen molar-refractivity contribution in [2.45, 2.75) is 0 Å². The van der Waals surface area contributed by atoms with E-state index in [0.29, 0.717) is 5.89 Å². The molecule has 0 saturated carbocycles. The van der Waals surface area contributed by atoms with Gasteiger partial charge in [-0.05, 0) is 35.4 Å². The van der Waals surface area contributed by atoms with Gasteiger partial charge < -0.3 is 4.42 Å². The van der Waals surface area contributed by atoms with E-state index in [1.54, 1.807) is 0 Å². The van der Waals surface area contributed by atoms with Gasteiger partial charge in [0.05, 0.1) is 0 Å². The molecule has 0 N–H and O–H groups in total. The summed E-state index contributed by atoms with van der Waals surface area (Å²) in [5.41, 5.74) is 5.02. The van der Waals surface area contributed by atoms with E-state index in [9.17, 15) is 0 Å². The average molecular weight is 297 g/mol. The molecule has 0 fully saturated rings. The Balaban J connectivity index is 1.59. The first-order valence-electron chi connectivity index (χ1n) is 7.58. The zero-order chi connectivity index (χ0) is 15.5. The number of hydrogen-bond acceptors (Lipinski definition) is 2. The summed E-state index contributed by atoms with van der Waals surface area (Å²) in [4.78, 5) is 4.52. The van der Waals surface area contributed by atoms with Crippen LogP contribution in [-0.4, -0.2) is 4.98 Å². The van der Waals surface area contributed by atoms with Crippen molar-refractivity contribution in [3.05, 3.63) is 90.0 Å². The van der Waals surface area contributed by atoms with E-state index in [-0.39, 0.29) is 0 Å². The minimum Gasteiger partial charge on any atom is -0.436 e. The largest absolute Gasteiger partial charge is 0.436 e. The van der Waals surface area contributed by atoms with Crippen molar-refractivity contribution in [2.75, 3.05) is 0 Å². The number of fused-ring (bicyclic) bond motifs is 1. The highest BCUT2D eigenvalue weighted by Gasteiger charge is 2.06. The van der Waals surface area contributed by atoms with Crippen LogP contribution in [0.25, 0.3) is 34.7 Å². The first kappa shape index (κ1) is 13.5. The molecule has 0 atom stereocenters. The normalized spacial score (nSPS) is 11.3. The van der Waals surface area contributed by atoms with Crippen LogP contribution in [0.2, 0.25) is 0 Å². The van der Waals surface area contributed by atoms with E-state index >= 15 is 0 Å². The van der Waals surface area contributed by atoms with Crippen LogP contribution in [-0.2, 0) is 0 Å². The standard InChI is InChI=1S/C21H15NO/c1-2-6-16(7-3-1)10-11-17-12-14-18(15-13-17)21-22-19-8-4-5-9-20(19)23-21/h1-15H. The van der Waals surface area contributed by atoms with Gasteiger partial charge in [-0.15, -0.1) is 0 Å². The molecule has 0 saturated heterocycles. The van der Waals surface area contributed by atoms with Gasteiger partial charge in [-0.1, -0.05) is 66.7 Å². The quantitative estimate of drug-likeness (QED) is 0.456. The highest BCUT2D eigenvalue weighted by Crippen LogP contribution is 2.24. The van der Waals surface area contributed by atoms with Gasteiger partial charge >= 0.3 is 0 Å². The third-order valence-electron chi connectivity index (χ3n) is 3.72. The van der Waals surface area contributed by atoms with Crippen molar-refractivity contribution in [1.82, 2.24) is 4.98 Å². The lowest BCUT2D eigenvalue weighted by Gasteiger charge is -1.97. The van der Waals surface area contributed by atoms with Crippen LogP contribution in [0.4, 0.5) is 0 Å². The molecular formula is C21H15NO. The smallest absolute Gasteiger partial charge is 0.227 e. The first-order chi connectivity index (χ1) is 11.4. The van der Waals surface area contributed by atoms with Gasteiger partial charge in [0, 0.05) is 5.56 Å². The number of rotatable bonds is 3. The fraction of sp³-hybridized carbons (Fsp3) is 0. The van der Waals surface area contributed by atoms with Crippen molar-refractivity contribution < 1.29 is 4.42 Å². The fourth-order valence-electron chi connectivity index (χ4n) is 2.49. The van der Waals surface area contributed by atoms with Crippen LogP contribution in [0.15, 0.2) is 83.3 Å². The second-order valence-electron chi connectivity index (χ2n) is 5.35. The summed E-state index contributed by atoms with van der Waals surface area (Å²) in [6.45, 7) is 0. The van der Waals surface area contributed by atoms with Gasteiger partial charge in [0.25, 0.3) is 0 Å². The lowest BCUT2D eigenvalue weighted by molar-refractivity contribution is 0.620. The van der Waals surface area contributed by atoms with E-state index in [1.165, 1.54) is 5.56 Å². The maximum absolute atomic E-state index is 5.79. The Labute approximate surface area is 134 Å². The second kappa shape index (κ2) is 5.93. The molecule has 3 aromatic carbocycles. The topological polar surface area (TPSA) is 26.0 Å². The van der Waals surface area contributed by atoms with Crippen LogP contribution in [0, 0.1) is 0 Å². The monoisotopic (exact) mass is 297 g/mol. The summed E-state index contributed by atoms with van der Waals surface area (Å²) >= 11 is 0. The molecule has 0 aliphatic heterocycles. The Kier molecular flexibility index (Phi) is 3.49. The SMILES string of the molecule is C(=Cc1ccc(-c2nc3ccccc3o2)cc1)c1ccccc1. The van der Waals surface area contributed by atoms with Crippen LogP contribution < -0.4 is 0 Å². The lowest BCUT2D eigenvalue weighted by Crippen LogP contribution is -1.78. The molecule has 1 heterocycles. The third kappa shape index (κ3) is 2.92. The number of aromatic nitrogens is 1. The zero-order valence-electron chi connectivity index (χ0n) is 12.5. The number of nitrogens with zero attached hydrogens (tertiary/aromatic N) is 1. The maximum atomic E-state index is 5.79. The Bertz CT molecular complexity index is 917. The second-order valence-corrected chi connectivity index (χ2v) is 5.35. The minimum atomic E-state index is 0.657. The molecule has 23 heavy (non-hydrogen) atoms. The molecule has 0 spiro atoms. The van der Waals surface area contributed by atoms with Crippen LogP contribution >= 0.6 is 0 Å². The highest BCUT2D eigenvalue weighted by molar-refractivity contribution is 5.76. The molecule has 2 nitrogen and oxygen atoms in total. The summed E-state index contributed by atoms with van der Waals surface area (Å²) in [5, 5.41) is 0. The molecule has 110 valence electrons.